The van der Waals surface area contributed by atoms with Gasteiger partial charge >= 0.3 is 5.97 Å². The predicted molar refractivity (Wildman–Crippen MR) is 152 cm³/mol. The standard InChI is InChI=1S/C29H25BrN2O5S/c1-5-37-28(34)25-16(2)31-29-32(26(25)20-14-22(35-3)23(36-4)15-21(20)30)27(33)24(38-29)13-18-11-8-10-17-9-6-7-12-19(17)18/h6-15,26H,5H2,1-4H3/b24-13-/t26-/m1/s1. The zero-order chi connectivity index (χ0) is 27.0. The first-order valence-corrected chi connectivity index (χ1v) is 13.6. The summed E-state index contributed by atoms with van der Waals surface area (Å²) < 4.78 is 19.1. The smallest absolute Gasteiger partial charge is 0.338 e. The average Bonchev–Trinajstić information content (AvgIpc) is 3.22. The van der Waals surface area contributed by atoms with Gasteiger partial charge in [0.15, 0.2) is 16.3 Å². The number of esters is 1. The molecular weight excluding hydrogens is 568 g/mol. The third-order valence-electron chi connectivity index (χ3n) is 6.42. The molecule has 4 aromatic rings. The highest BCUT2D eigenvalue weighted by Crippen LogP contribution is 2.40. The van der Waals surface area contributed by atoms with Gasteiger partial charge in [-0.3, -0.25) is 9.36 Å². The first kappa shape index (κ1) is 25.9. The topological polar surface area (TPSA) is 79.1 Å². The molecule has 2 heterocycles. The maximum Gasteiger partial charge on any atom is 0.338 e. The molecule has 0 spiro atoms. The third-order valence-corrected chi connectivity index (χ3v) is 8.09. The van der Waals surface area contributed by atoms with Crippen molar-refractivity contribution < 1.29 is 19.0 Å². The van der Waals surface area contributed by atoms with Gasteiger partial charge in [0.05, 0.1) is 42.7 Å². The van der Waals surface area contributed by atoms with Crippen molar-refractivity contribution in [2.45, 2.75) is 19.9 Å². The number of halogens is 1. The van der Waals surface area contributed by atoms with E-state index in [1.807, 2.05) is 48.5 Å². The van der Waals surface area contributed by atoms with Gasteiger partial charge in [-0.15, -0.1) is 0 Å². The molecule has 1 aliphatic rings. The quantitative estimate of drug-likeness (QED) is 0.302. The van der Waals surface area contributed by atoms with E-state index < -0.39 is 12.0 Å². The average molecular weight is 593 g/mol. The summed E-state index contributed by atoms with van der Waals surface area (Å²) in [7, 11) is 3.09. The molecule has 0 saturated heterocycles. The minimum atomic E-state index is -0.783. The number of methoxy groups -OCH3 is 2. The van der Waals surface area contributed by atoms with E-state index in [1.165, 1.54) is 11.3 Å². The van der Waals surface area contributed by atoms with E-state index >= 15 is 0 Å². The van der Waals surface area contributed by atoms with E-state index in [2.05, 4.69) is 20.9 Å². The molecule has 0 bridgehead atoms. The minimum Gasteiger partial charge on any atom is -0.493 e. The summed E-state index contributed by atoms with van der Waals surface area (Å²) in [5.41, 5.74) is 2.12. The molecule has 38 heavy (non-hydrogen) atoms. The highest BCUT2D eigenvalue weighted by atomic mass is 79.9. The summed E-state index contributed by atoms with van der Waals surface area (Å²) in [5, 5.41) is 2.13. The zero-order valence-corrected chi connectivity index (χ0v) is 23.7. The Morgan fingerprint density at radius 2 is 1.82 bits per heavy atom. The molecule has 0 fully saturated rings. The van der Waals surface area contributed by atoms with Gasteiger partial charge in [-0.05, 0) is 54.0 Å². The van der Waals surface area contributed by atoms with E-state index in [4.69, 9.17) is 14.2 Å². The molecule has 0 N–H and O–H groups in total. The molecule has 1 aliphatic heterocycles. The summed E-state index contributed by atoms with van der Waals surface area (Å²) in [4.78, 5) is 32.4. The van der Waals surface area contributed by atoms with Crippen LogP contribution in [0.25, 0.3) is 16.8 Å². The Kier molecular flexibility index (Phi) is 7.23. The van der Waals surface area contributed by atoms with E-state index in [1.54, 1.807) is 44.8 Å². The summed E-state index contributed by atoms with van der Waals surface area (Å²) in [5.74, 6) is 0.468. The molecule has 1 aromatic heterocycles. The fourth-order valence-corrected chi connectivity index (χ4v) is 6.26. The molecule has 3 aromatic carbocycles. The zero-order valence-electron chi connectivity index (χ0n) is 21.3. The lowest BCUT2D eigenvalue weighted by molar-refractivity contribution is -0.139. The van der Waals surface area contributed by atoms with Gasteiger partial charge in [0, 0.05) is 4.47 Å². The van der Waals surface area contributed by atoms with Crippen molar-refractivity contribution in [3.63, 3.8) is 0 Å². The van der Waals surface area contributed by atoms with Crippen molar-refractivity contribution in [2.24, 2.45) is 4.99 Å². The van der Waals surface area contributed by atoms with Crippen LogP contribution in [0.3, 0.4) is 0 Å². The number of rotatable bonds is 6. The van der Waals surface area contributed by atoms with Gasteiger partial charge < -0.3 is 14.2 Å². The lowest BCUT2D eigenvalue weighted by Crippen LogP contribution is -2.40. The first-order valence-electron chi connectivity index (χ1n) is 12.0. The van der Waals surface area contributed by atoms with E-state index in [9.17, 15) is 9.59 Å². The lowest BCUT2D eigenvalue weighted by atomic mass is 9.95. The molecule has 0 unspecified atom stereocenters. The number of thiazole rings is 1. The maximum absolute atomic E-state index is 14.0. The largest absolute Gasteiger partial charge is 0.493 e. The molecule has 194 valence electrons. The number of nitrogens with zero attached hydrogens (tertiary/aromatic N) is 2. The Hall–Kier alpha value is -3.69. The Morgan fingerprint density at radius 1 is 1.11 bits per heavy atom. The van der Waals surface area contributed by atoms with Crippen LogP contribution in [0, 0.1) is 0 Å². The van der Waals surface area contributed by atoms with Gasteiger partial charge in [-0.1, -0.05) is 69.7 Å². The molecule has 0 aliphatic carbocycles. The van der Waals surface area contributed by atoms with E-state index in [-0.39, 0.29) is 12.2 Å². The highest BCUT2D eigenvalue weighted by molar-refractivity contribution is 9.10. The van der Waals surface area contributed by atoms with Gasteiger partial charge in [0.2, 0.25) is 0 Å². The van der Waals surface area contributed by atoms with Crippen LogP contribution in [0.5, 0.6) is 11.5 Å². The number of hydrogen-bond acceptors (Lipinski definition) is 7. The van der Waals surface area contributed by atoms with E-state index in [0.717, 1.165) is 16.3 Å². The van der Waals surface area contributed by atoms with Crippen LogP contribution in [-0.4, -0.2) is 31.4 Å². The van der Waals surface area contributed by atoms with Crippen LogP contribution in [0.15, 0.2) is 80.1 Å². The molecule has 0 saturated carbocycles. The molecule has 0 amide bonds. The van der Waals surface area contributed by atoms with Crippen LogP contribution in [0.1, 0.15) is 31.0 Å². The summed E-state index contributed by atoms with van der Waals surface area (Å²) >= 11 is 4.91. The van der Waals surface area contributed by atoms with Crippen molar-refractivity contribution in [3.8, 4) is 11.5 Å². The predicted octanol–water partition coefficient (Wildman–Crippen LogP) is 4.73. The van der Waals surface area contributed by atoms with Crippen molar-refractivity contribution in [1.29, 1.82) is 0 Å². The normalized spacial score (nSPS) is 15.3. The Balaban J connectivity index is 1.79. The fraction of sp³-hybridized carbons (Fsp3) is 0.207. The second-order valence-electron chi connectivity index (χ2n) is 8.60. The maximum atomic E-state index is 14.0. The van der Waals surface area contributed by atoms with Crippen molar-refractivity contribution in [2.75, 3.05) is 20.8 Å². The van der Waals surface area contributed by atoms with Gasteiger partial charge in [-0.25, -0.2) is 9.79 Å². The van der Waals surface area contributed by atoms with Gasteiger partial charge in [-0.2, -0.15) is 0 Å². The number of allylic oxidation sites excluding steroid dienone is 1. The summed E-state index contributed by atoms with van der Waals surface area (Å²) in [6.45, 7) is 3.70. The molecular formula is C29H25BrN2O5S. The molecule has 7 nitrogen and oxygen atoms in total. The SMILES string of the molecule is CCOC(=O)C1=C(C)N=c2s/c(=C\c3cccc4ccccc34)c(=O)n2[C@@H]1c1cc(OC)c(OC)cc1Br. The number of hydrogen-bond donors (Lipinski definition) is 0. The second kappa shape index (κ2) is 10.6. The number of carbonyl (C=O) groups is 1. The highest BCUT2D eigenvalue weighted by Gasteiger charge is 2.35. The molecule has 5 rings (SSSR count). The fourth-order valence-electron chi connectivity index (χ4n) is 4.68. The first-order chi connectivity index (χ1) is 18.4. The Bertz CT molecular complexity index is 1780. The van der Waals surface area contributed by atoms with Crippen LogP contribution in [0.2, 0.25) is 0 Å². The minimum absolute atomic E-state index is 0.195. The van der Waals surface area contributed by atoms with Crippen molar-refractivity contribution >= 4 is 50.1 Å². The number of fused-ring (bicyclic) bond motifs is 2. The molecule has 9 heteroatoms. The van der Waals surface area contributed by atoms with Crippen LogP contribution in [-0.2, 0) is 9.53 Å². The summed E-state index contributed by atoms with van der Waals surface area (Å²) in [6, 6.07) is 16.8. The number of aromatic nitrogens is 1. The van der Waals surface area contributed by atoms with Crippen LogP contribution in [0.4, 0.5) is 0 Å². The van der Waals surface area contributed by atoms with Crippen LogP contribution >= 0.6 is 27.3 Å². The Morgan fingerprint density at radius 3 is 2.55 bits per heavy atom. The molecule has 1 atom stereocenters. The van der Waals surface area contributed by atoms with Crippen molar-refractivity contribution in [3.05, 3.63) is 101 Å². The molecule has 0 radical (unpaired) electrons. The second-order valence-corrected chi connectivity index (χ2v) is 10.5. The van der Waals surface area contributed by atoms with Gasteiger partial charge in [0.1, 0.15) is 0 Å². The monoisotopic (exact) mass is 592 g/mol. The lowest BCUT2D eigenvalue weighted by Gasteiger charge is -2.26. The summed E-state index contributed by atoms with van der Waals surface area (Å²) in [6.07, 6.45) is 1.89. The van der Waals surface area contributed by atoms with Gasteiger partial charge in [0.25, 0.3) is 5.56 Å². The van der Waals surface area contributed by atoms with Crippen molar-refractivity contribution in [1.82, 2.24) is 4.57 Å². The third kappa shape index (κ3) is 4.46. The number of benzene rings is 3. The van der Waals surface area contributed by atoms with Crippen LogP contribution < -0.4 is 24.4 Å². The number of ether oxygens (including phenoxy) is 3. The Labute approximate surface area is 231 Å². The number of carbonyl (C=O) groups excluding carboxylic acids is 1. The van der Waals surface area contributed by atoms with E-state index in [0.29, 0.717) is 42.1 Å².